The molecule has 0 aliphatic heterocycles. The monoisotopic (exact) mass is 188 g/mol. The van der Waals surface area contributed by atoms with E-state index in [1.54, 1.807) is 13.8 Å². The molecule has 0 amide bonds. The molecule has 0 radical (unpaired) electrons. The van der Waals surface area contributed by atoms with Gasteiger partial charge < -0.3 is 9.47 Å². The van der Waals surface area contributed by atoms with Crippen LogP contribution in [-0.2, 0) is 19.1 Å². The maximum absolute atomic E-state index is 10.9. The standard InChI is InChI=1S/C9H16O4/c1-4-7(3)13-9(11)6-12-8(10)5-2/h7H,4-6H2,1-3H3. The Morgan fingerprint density at radius 2 is 1.85 bits per heavy atom. The predicted molar refractivity (Wildman–Crippen MR) is 47.1 cm³/mol. The second-order valence-electron chi connectivity index (χ2n) is 2.72. The van der Waals surface area contributed by atoms with Crippen molar-refractivity contribution in [1.82, 2.24) is 0 Å². The first-order chi connectivity index (χ1) is 6.10. The number of carbonyl (C=O) groups excluding carboxylic acids is 2. The minimum Gasteiger partial charge on any atom is -0.460 e. The number of esters is 2. The van der Waals surface area contributed by atoms with Crippen LogP contribution in [0.1, 0.15) is 33.6 Å². The molecule has 0 bridgehead atoms. The van der Waals surface area contributed by atoms with Crippen molar-refractivity contribution in [3.8, 4) is 0 Å². The molecule has 76 valence electrons. The van der Waals surface area contributed by atoms with Crippen LogP contribution in [0.15, 0.2) is 0 Å². The van der Waals surface area contributed by atoms with Gasteiger partial charge in [-0.05, 0) is 13.3 Å². The number of rotatable bonds is 5. The highest BCUT2D eigenvalue weighted by atomic mass is 16.6. The molecule has 0 aromatic heterocycles. The lowest BCUT2D eigenvalue weighted by molar-refractivity contribution is -0.161. The van der Waals surface area contributed by atoms with Crippen LogP contribution in [0.3, 0.4) is 0 Å². The maximum Gasteiger partial charge on any atom is 0.344 e. The highest BCUT2D eigenvalue weighted by Gasteiger charge is 2.09. The van der Waals surface area contributed by atoms with Crippen molar-refractivity contribution in [2.24, 2.45) is 0 Å². The smallest absolute Gasteiger partial charge is 0.344 e. The summed E-state index contributed by atoms with van der Waals surface area (Å²) in [5.41, 5.74) is 0. The fraction of sp³-hybridized carbons (Fsp3) is 0.778. The van der Waals surface area contributed by atoms with E-state index in [-0.39, 0.29) is 25.1 Å². The first-order valence-electron chi connectivity index (χ1n) is 4.45. The van der Waals surface area contributed by atoms with E-state index in [0.29, 0.717) is 0 Å². The fourth-order valence-electron chi connectivity index (χ4n) is 0.583. The molecule has 0 saturated heterocycles. The van der Waals surface area contributed by atoms with Crippen molar-refractivity contribution in [2.75, 3.05) is 6.61 Å². The lowest BCUT2D eigenvalue weighted by Gasteiger charge is -2.10. The lowest BCUT2D eigenvalue weighted by atomic mass is 10.3. The zero-order chi connectivity index (χ0) is 10.3. The minimum atomic E-state index is -0.490. The van der Waals surface area contributed by atoms with Crippen molar-refractivity contribution in [3.63, 3.8) is 0 Å². The van der Waals surface area contributed by atoms with Gasteiger partial charge >= 0.3 is 11.9 Å². The summed E-state index contributed by atoms with van der Waals surface area (Å²) in [6.45, 7) is 5.09. The Labute approximate surface area is 78.2 Å². The molecule has 0 N–H and O–H groups in total. The van der Waals surface area contributed by atoms with Crippen LogP contribution in [0.4, 0.5) is 0 Å². The number of carbonyl (C=O) groups is 2. The van der Waals surface area contributed by atoms with E-state index in [1.165, 1.54) is 0 Å². The molecule has 0 fully saturated rings. The van der Waals surface area contributed by atoms with Gasteiger partial charge in [0.1, 0.15) is 0 Å². The van der Waals surface area contributed by atoms with Crippen LogP contribution >= 0.6 is 0 Å². The highest BCUT2D eigenvalue weighted by molar-refractivity contribution is 5.76. The second-order valence-corrected chi connectivity index (χ2v) is 2.72. The van der Waals surface area contributed by atoms with Crippen LogP contribution in [-0.4, -0.2) is 24.6 Å². The molecule has 4 nitrogen and oxygen atoms in total. The molecule has 0 heterocycles. The Morgan fingerprint density at radius 3 is 2.31 bits per heavy atom. The van der Waals surface area contributed by atoms with Gasteiger partial charge in [0.15, 0.2) is 6.61 Å². The summed E-state index contributed by atoms with van der Waals surface area (Å²) < 4.78 is 9.46. The van der Waals surface area contributed by atoms with Gasteiger partial charge in [-0.2, -0.15) is 0 Å². The van der Waals surface area contributed by atoms with Crippen LogP contribution in [0.2, 0.25) is 0 Å². The third-order valence-corrected chi connectivity index (χ3v) is 1.55. The average molecular weight is 188 g/mol. The van der Waals surface area contributed by atoms with E-state index in [0.717, 1.165) is 6.42 Å². The van der Waals surface area contributed by atoms with E-state index in [1.807, 2.05) is 6.92 Å². The summed E-state index contributed by atoms with van der Waals surface area (Å²) in [4.78, 5) is 21.6. The maximum atomic E-state index is 10.9. The molecule has 0 aromatic rings. The SMILES string of the molecule is CCC(=O)OCC(=O)OC(C)CC. The van der Waals surface area contributed by atoms with Gasteiger partial charge in [0.2, 0.25) is 0 Å². The molecule has 1 unspecified atom stereocenters. The summed E-state index contributed by atoms with van der Waals surface area (Å²) in [5, 5.41) is 0. The van der Waals surface area contributed by atoms with Gasteiger partial charge in [-0.3, -0.25) is 4.79 Å². The number of hydrogen-bond donors (Lipinski definition) is 0. The summed E-state index contributed by atoms with van der Waals surface area (Å²) in [6, 6.07) is 0. The average Bonchev–Trinajstić information content (AvgIpc) is 2.13. The summed E-state index contributed by atoms with van der Waals surface area (Å²) in [7, 11) is 0. The largest absolute Gasteiger partial charge is 0.460 e. The zero-order valence-corrected chi connectivity index (χ0v) is 8.33. The Kier molecular flexibility index (Phi) is 5.93. The topological polar surface area (TPSA) is 52.6 Å². The first-order valence-corrected chi connectivity index (χ1v) is 4.45. The summed E-state index contributed by atoms with van der Waals surface area (Å²) >= 11 is 0. The van der Waals surface area contributed by atoms with Crippen LogP contribution < -0.4 is 0 Å². The van der Waals surface area contributed by atoms with Gasteiger partial charge in [0.05, 0.1) is 6.10 Å². The third-order valence-electron chi connectivity index (χ3n) is 1.55. The Balaban J connectivity index is 3.57. The van der Waals surface area contributed by atoms with Gasteiger partial charge in [-0.15, -0.1) is 0 Å². The van der Waals surface area contributed by atoms with E-state index in [9.17, 15) is 9.59 Å². The van der Waals surface area contributed by atoms with Gasteiger partial charge in [0.25, 0.3) is 0 Å². The van der Waals surface area contributed by atoms with Crippen molar-refractivity contribution < 1.29 is 19.1 Å². The summed E-state index contributed by atoms with van der Waals surface area (Å²) in [6.07, 6.45) is 0.914. The van der Waals surface area contributed by atoms with Crippen LogP contribution in [0.5, 0.6) is 0 Å². The molecule has 0 spiro atoms. The van der Waals surface area contributed by atoms with Crippen LogP contribution in [0, 0.1) is 0 Å². The van der Waals surface area contributed by atoms with E-state index in [2.05, 4.69) is 4.74 Å². The molecular weight excluding hydrogens is 172 g/mol. The van der Waals surface area contributed by atoms with Crippen LogP contribution in [0.25, 0.3) is 0 Å². The Morgan fingerprint density at radius 1 is 1.23 bits per heavy atom. The zero-order valence-electron chi connectivity index (χ0n) is 8.33. The third kappa shape index (κ3) is 6.13. The molecule has 13 heavy (non-hydrogen) atoms. The molecule has 0 saturated carbocycles. The van der Waals surface area contributed by atoms with E-state index in [4.69, 9.17) is 4.74 Å². The van der Waals surface area contributed by atoms with Gasteiger partial charge in [-0.1, -0.05) is 13.8 Å². The van der Waals surface area contributed by atoms with E-state index < -0.39 is 5.97 Å². The summed E-state index contributed by atoms with van der Waals surface area (Å²) in [5.74, 6) is -0.878. The Hall–Kier alpha value is -1.06. The van der Waals surface area contributed by atoms with Crippen molar-refractivity contribution in [2.45, 2.75) is 39.7 Å². The lowest BCUT2D eigenvalue weighted by Crippen LogP contribution is -2.20. The normalized spacial score (nSPS) is 11.9. The highest BCUT2D eigenvalue weighted by Crippen LogP contribution is 1.96. The molecule has 0 aliphatic carbocycles. The molecule has 1 atom stereocenters. The molecular formula is C9H16O4. The van der Waals surface area contributed by atoms with Crippen molar-refractivity contribution in [3.05, 3.63) is 0 Å². The first kappa shape index (κ1) is 11.9. The van der Waals surface area contributed by atoms with Crippen molar-refractivity contribution in [1.29, 1.82) is 0 Å². The fourth-order valence-corrected chi connectivity index (χ4v) is 0.583. The number of ether oxygens (including phenoxy) is 2. The second kappa shape index (κ2) is 6.46. The number of hydrogen-bond acceptors (Lipinski definition) is 4. The quantitative estimate of drug-likeness (QED) is 0.610. The Bertz CT molecular complexity index is 176. The predicted octanol–water partition coefficient (Wildman–Crippen LogP) is 1.28. The van der Waals surface area contributed by atoms with E-state index >= 15 is 0 Å². The van der Waals surface area contributed by atoms with Crippen molar-refractivity contribution >= 4 is 11.9 Å². The molecule has 4 heteroatoms. The molecule has 0 rings (SSSR count). The van der Waals surface area contributed by atoms with Gasteiger partial charge in [0, 0.05) is 6.42 Å². The van der Waals surface area contributed by atoms with Gasteiger partial charge in [-0.25, -0.2) is 4.79 Å². The molecule has 0 aromatic carbocycles. The molecule has 0 aliphatic rings. The minimum absolute atomic E-state index is 0.118.